The third-order valence-corrected chi connectivity index (χ3v) is 3.99. The van der Waals surface area contributed by atoms with Gasteiger partial charge in [-0.25, -0.2) is 0 Å². The topological polar surface area (TPSA) is 40.8 Å². The number of hydrogen-bond acceptors (Lipinski definition) is 1. The number of ether oxygens (including phenoxy) is 1. The fourth-order valence-corrected chi connectivity index (χ4v) is 2.73. The molecule has 3 rings (SSSR count). The highest BCUT2D eigenvalue weighted by Crippen LogP contribution is 2.30. The number of benzene rings is 1. The zero-order valence-electron chi connectivity index (χ0n) is 13.6. The van der Waals surface area contributed by atoms with E-state index in [1.54, 1.807) is 0 Å². The average Bonchev–Trinajstić information content (AvgIpc) is 3.28. The molecule has 0 saturated carbocycles. The number of rotatable bonds is 8. The smallest absolute Gasteiger partial charge is 0.120 e. The molecule has 0 spiro atoms. The van der Waals surface area contributed by atoms with Crippen molar-refractivity contribution in [1.29, 1.82) is 0 Å². The van der Waals surface area contributed by atoms with Gasteiger partial charge in [-0.2, -0.15) is 0 Å². The summed E-state index contributed by atoms with van der Waals surface area (Å²) in [7, 11) is 0. The number of hydrogen-bond donors (Lipinski definition) is 2. The van der Waals surface area contributed by atoms with Crippen LogP contribution < -0.4 is 4.74 Å². The lowest BCUT2D eigenvalue weighted by Crippen LogP contribution is -1.98. The zero-order valence-corrected chi connectivity index (χ0v) is 13.6. The molecule has 0 aliphatic carbocycles. The van der Waals surface area contributed by atoms with Gasteiger partial charge in [0.15, 0.2) is 0 Å². The molecule has 3 aromatic rings. The summed E-state index contributed by atoms with van der Waals surface area (Å²) in [6, 6.07) is 14.6. The summed E-state index contributed by atoms with van der Waals surface area (Å²) >= 11 is 0. The molecular formula is C20H24N2O. The van der Waals surface area contributed by atoms with Crippen LogP contribution in [-0.2, 0) is 0 Å². The predicted molar refractivity (Wildman–Crippen MR) is 95.7 cm³/mol. The first kappa shape index (κ1) is 15.5. The van der Waals surface area contributed by atoms with E-state index in [-0.39, 0.29) is 0 Å². The quantitative estimate of drug-likeness (QED) is 0.520. The van der Waals surface area contributed by atoms with Crippen molar-refractivity contribution < 1.29 is 4.74 Å². The van der Waals surface area contributed by atoms with Crippen LogP contribution in [0.1, 0.15) is 32.6 Å². The monoisotopic (exact) mass is 308 g/mol. The van der Waals surface area contributed by atoms with Crippen molar-refractivity contribution >= 4 is 0 Å². The SMILES string of the molecule is CCCCCCOc1cc(-c2ccc[nH]2)cc(-c2ccc[nH]2)c1. The molecule has 3 heteroatoms. The van der Waals surface area contributed by atoms with Crippen molar-refractivity contribution in [3.63, 3.8) is 0 Å². The molecule has 3 nitrogen and oxygen atoms in total. The predicted octanol–water partition coefficient (Wildman–Crippen LogP) is 5.64. The summed E-state index contributed by atoms with van der Waals surface area (Å²) < 4.78 is 6.00. The first-order valence-corrected chi connectivity index (χ1v) is 8.42. The molecule has 0 bridgehead atoms. The number of unbranched alkanes of at least 4 members (excludes halogenated alkanes) is 3. The molecule has 0 fully saturated rings. The lowest BCUT2D eigenvalue weighted by Gasteiger charge is -2.10. The fourth-order valence-electron chi connectivity index (χ4n) is 2.73. The Morgan fingerprint density at radius 3 is 2.00 bits per heavy atom. The minimum absolute atomic E-state index is 0.776. The van der Waals surface area contributed by atoms with E-state index in [2.05, 4.69) is 47.2 Å². The summed E-state index contributed by atoms with van der Waals surface area (Å²) in [6.07, 6.45) is 8.76. The molecular weight excluding hydrogens is 284 g/mol. The van der Waals surface area contributed by atoms with Gasteiger partial charge in [-0.1, -0.05) is 26.2 Å². The van der Waals surface area contributed by atoms with Crippen LogP contribution in [0.15, 0.2) is 54.9 Å². The first-order chi connectivity index (χ1) is 11.4. The molecule has 0 saturated heterocycles. The van der Waals surface area contributed by atoms with Crippen LogP contribution >= 0.6 is 0 Å². The van der Waals surface area contributed by atoms with Gasteiger partial charge < -0.3 is 14.7 Å². The first-order valence-electron chi connectivity index (χ1n) is 8.42. The molecule has 23 heavy (non-hydrogen) atoms. The van der Waals surface area contributed by atoms with E-state index in [9.17, 15) is 0 Å². The third kappa shape index (κ3) is 4.07. The molecule has 0 radical (unpaired) electrons. The van der Waals surface area contributed by atoms with Crippen molar-refractivity contribution in [3.05, 3.63) is 54.9 Å². The van der Waals surface area contributed by atoms with E-state index < -0.39 is 0 Å². The van der Waals surface area contributed by atoms with Crippen molar-refractivity contribution in [1.82, 2.24) is 9.97 Å². The summed E-state index contributed by atoms with van der Waals surface area (Å²) in [5.41, 5.74) is 4.50. The second kappa shape index (κ2) is 7.73. The van der Waals surface area contributed by atoms with Crippen molar-refractivity contribution in [2.45, 2.75) is 32.6 Å². The normalized spacial score (nSPS) is 10.8. The fraction of sp³-hybridized carbons (Fsp3) is 0.300. The Kier molecular flexibility index (Phi) is 5.20. The van der Waals surface area contributed by atoms with Crippen LogP contribution in [0, 0.1) is 0 Å². The van der Waals surface area contributed by atoms with Gasteiger partial charge in [-0.05, 0) is 48.9 Å². The minimum atomic E-state index is 0.776. The molecule has 2 heterocycles. The Balaban J connectivity index is 1.80. The van der Waals surface area contributed by atoms with Crippen molar-refractivity contribution in [3.8, 4) is 28.3 Å². The maximum atomic E-state index is 6.00. The van der Waals surface area contributed by atoms with Crippen LogP contribution in [0.25, 0.3) is 22.5 Å². The standard InChI is InChI=1S/C20H24N2O/c1-2-3-4-5-12-23-18-14-16(19-8-6-10-21-19)13-17(15-18)20-9-7-11-22-20/h6-11,13-15,21-22H,2-5,12H2,1H3. The number of nitrogens with one attached hydrogen (secondary N) is 2. The third-order valence-electron chi connectivity index (χ3n) is 3.99. The summed E-state index contributed by atoms with van der Waals surface area (Å²) in [4.78, 5) is 6.54. The second-order valence-electron chi connectivity index (χ2n) is 5.82. The molecule has 0 amide bonds. The Morgan fingerprint density at radius 1 is 0.826 bits per heavy atom. The maximum Gasteiger partial charge on any atom is 0.120 e. The van der Waals surface area contributed by atoms with Gasteiger partial charge in [0.05, 0.1) is 6.61 Å². The summed E-state index contributed by atoms with van der Waals surface area (Å²) in [6.45, 7) is 3.00. The highest BCUT2D eigenvalue weighted by atomic mass is 16.5. The van der Waals surface area contributed by atoms with Gasteiger partial charge in [-0.3, -0.25) is 0 Å². The molecule has 2 aromatic heterocycles. The Labute approximate surface area is 137 Å². The number of H-pyrrole nitrogens is 2. The summed E-state index contributed by atoms with van der Waals surface area (Å²) in [5, 5.41) is 0. The Bertz CT molecular complexity index is 647. The van der Waals surface area contributed by atoms with Crippen LogP contribution in [-0.4, -0.2) is 16.6 Å². The minimum Gasteiger partial charge on any atom is -0.494 e. The number of aromatic nitrogens is 2. The van der Waals surface area contributed by atoms with Crippen LogP contribution in [0.3, 0.4) is 0 Å². The van der Waals surface area contributed by atoms with E-state index in [1.807, 2.05) is 24.5 Å². The molecule has 0 atom stereocenters. The van der Waals surface area contributed by atoms with E-state index in [1.165, 1.54) is 19.3 Å². The Morgan fingerprint density at radius 2 is 1.48 bits per heavy atom. The molecule has 0 aliphatic heterocycles. The lowest BCUT2D eigenvalue weighted by molar-refractivity contribution is 0.305. The van der Waals surface area contributed by atoms with Gasteiger partial charge in [0.2, 0.25) is 0 Å². The average molecular weight is 308 g/mol. The highest BCUT2D eigenvalue weighted by Gasteiger charge is 2.07. The van der Waals surface area contributed by atoms with E-state index >= 15 is 0 Å². The van der Waals surface area contributed by atoms with Gasteiger partial charge >= 0.3 is 0 Å². The van der Waals surface area contributed by atoms with E-state index in [0.29, 0.717) is 0 Å². The largest absolute Gasteiger partial charge is 0.494 e. The molecule has 120 valence electrons. The maximum absolute atomic E-state index is 6.00. The van der Waals surface area contributed by atoms with Gasteiger partial charge in [-0.15, -0.1) is 0 Å². The lowest BCUT2D eigenvalue weighted by atomic mass is 10.1. The summed E-state index contributed by atoms with van der Waals surface area (Å²) in [5.74, 6) is 0.929. The molecule has 0 unspecified atom stereocenters. The van der Waals surface area contributed by atoms with Crippen molar-refractivity contribution in [2.75, 3.05) is 6.61 Å². The van der Waals surface area contributed by atoms with Gasteiger partial charge in [0.25, 0.3) is 0 Å². The zero-order chi connectivity index (χ0) is 15.9. The highest BCUT2D eigenvalue weighted by molar-refractivity contribution is 5.72. The second-order valence-corrected chi connectivity index (χ2v) is 5.82. The molecule has 0 aliphatic rings. The van der Waals surface area contributed by atoms with Crippen LogP contribution in [0.4, 0.5) is 0 Å². The van der Waals surface area contributed by atoms with Gasteiger partial charge in [0.1, 0.15) is 5.75 Å². The van der Waals surface area contributed by atoms with Crippen LogP contribution in [0.5, 0.6) is 5.75 Å². The van der Waals surface area contributed by atoms with Gasteiger partial charge in [0, 0.05) is 34.9 Å². The van der Waals surface area contributed by atoms with E-state index in [4.69, 9.17) is 4.74 Å². The van der Waals surface area contributed by atoms with E-state index in [0.717, 1.165) is 41.3 Å². The Hall–Kier alpha value is -2.42. The van der Waals surface area contributed by atoms with Crippen molar-refractivity contribution in [2.24, 2.45) is 0 Å². The van der Waals surface area contributed by atoms with Crippen LogP contribution in [0.2, 0.25) is 0 Å². The molecule has 2 N–H and O–H groups in total. The number of aromatic amines is 2. The molecule has 1 aromatic carbocycles.